The summed E-state index contributed by atoms with van der Waals surface area (Å²) in [5.41, 5.74) is -0.857. The molecule has 1 saturated heterocycles. The first kappa shape index (κ1) is 14.0. The minimum absolute atomic E-state index is 0.0810. The molecule has 7 nitrogen and oxygen atoms in total. The van der Waals surface area contributed by atoms with Crippen molar-refractivity contribution in [1.82, 2.24) is 14.5 Å². The number of hydrogen-bond donors (Lipinski definition) is 1. The molecule has 2 rings (SSSR count). The fourth-order valence-corrected chi connectivity index (χ4v) is 2.24. The molecule has 2 unspecified atom stereocenters. The van der Waals surface area contributed by atoms with Crippen LogP contribution in [0.15, 0.2) is 21.9 Å². The molecule has 1 fully saturated rings. The Morgan fingerprint density at radius 2 is 2.26 bits per heavy atom. The van der Waals surface area contributed by atoms with Crippen LogP contribution in [0.25, 0.3) is 0 Å². The van der Waals surface area contributed by atoms with Crippen molar-refractivity contribution in [2.24, 2.45) is 0 Å². The van der Waals surface area contributed by atoms with Crippen molar-refractivity contribution in [1.29, 1.82) is 0 Å². The molecule has 1 aliphatic heterocycles. The van der Waals surface area contributed by atoms with Gasteiger partial charge in [-0.25, -0.2) is 4.79 Å². The third kappa shape index (κ3) is 3.31. The lowest BCUT2D eigenvalue weighted by Crippen LogP contribution is -2.49. The Balaban J connectivity index is 2.22. The van der Waals surface area contributed by atoms with Gasteiger partial charge in [0.1, 0.15) is 0 Å². The molecule has 0 aromatic carbocycles. The van der Waals surface area contributed by atoms with Gasteiger partial charge in [0, 0.05) is 32.5 Å². The van der Waals surface area contributed by atoms with Crippen molar-refractivity contribution in [3.63, 3.8) is 0 Å². The Kier molecular flexibility index (Phi) is 4.52. The predicted molar refractivity (Wildman–Crippen MR) is 69.2 cm³/mol. The summed E-state index contributed by atoms with van der Waals surface area (Å²) >= 11 is 0. The summed E-state index contributed by atoms with van der Waals surface area (Å²) in [6.45, 7) is 4.80. The Hall–Kier alpha value is -1.44. The summed E-state index contributed by atoms with van der Waals surface area (Å²) in [6.07, 6.45) is 0.982. The van der Waals surface area contributed by atoms with E-state index >= 15 is 0 Å². The summed E-state index contributed by atoms with van der Waals surface area (Å²) in [6, 6.07) is 1.32. The summed E-state index contributed by atoms with van der Waals surface area (Å²) in [4.78, 5) is 27.3. The predicted octanol–water partition coefficient (Wildman–Crippen LogP) is -0.598. The second-order valence-electron chi connectivity index (χ2n) is 4.54. The van der Waals surface area contributed by atoms with Crippen molar-refractivity contribution in [3.05, 3.63) is 33.1 Å². The fourth-order valence-electron chi connectivity index (χ4n) is 2.24. The van der Waals surface area contributed by atoms with Crippen LogP contribution in [-0.2, 0) is 9.47 Å². The SMILES string of the molecule is CCN1CC(COC)OC(n2ccc(=O)[nH]c2=O)C1. The lowest BCUT2D eigenvalue weighted by Gasteiger charge is -2.37. The van der Waals surface area contributed by atoms with Gasteiger partial charge in [-0.1, -0.05) is 6.92 Å². The van der Waals surface area contributed by atoms with E-state index in [1.807, 2.05) is 0 Å². The molecule has 7 heteroatoms. The average Bonchev–Trinajstić information content (AvgIpc) is 2.38. The van der Waals surface area contributed by atoms with E-state index < -0.39 is 17.5 Å². The Morgan fingerprint density at radius 1 is 1.47 bits per heavy atom. The van der Waals surface area contributed by atoms with E-state index in [2.05, 4.69) is 16.8 Å². The van der Waals surface area contributed by atoms with E-state index in [0.29, 0.717) is 13.2 Å². The minimum Gasteiger partial charge on any atom is -0.382 e. The molecule has 106 valence electrons. The second kappa shape index (κ2) is 6.14. The molecule has 2 atom stereocenters. The zero-order chi connectivity index (χ0) is 13.8. The number of morpholine rings is 1. The van der Waals surface area contributed by atoms with E-state index in [-0.39, 0.29) is 6.10 Å². The molecule has 19 heavy (non-hydrogen) atoms. The van der Waals surface area contributed by atoms with Crippen LogP contribution in [0.1, 0.15) is 13.2 Å². The molecule has 0 spiro atoms. The molecule has 2 heterocycles. The number of hydrogen-bond acceptors (Lipinski definition) is 5. The highest BCUT2D eigenvalue weighted by Gasteiger charge is 2.28. The Morgan fingerprint density at radius 3 is 2.89 bits per heavy atom. The van der Waals surface area contributed by atoms with E-state index in [1.165, 1.54) is 16.8 Å². The van der Waals surface area contributed by atoms with E-state index in [0.717, 1.165) is 13.1 Å². The van der Waals surface area contributed by atoms with Gasteiger partial charge in [-0.15, -0.1) is 0 Å². The highest BCUT2D eigenvalue weighted by molar-refractivity contribution is 4.86. The van der Waals surface area contributed by atoms with E-state index in [4.69, 9.17) is 9.47 Å². The van der Waals surface area contributed by atoms with Crippen LogP contribution < -0.4 is 11.2 Å². The van der Waals surface area contributed by atoms with Gasteiger partial charge in [0.2, 0.25) is 0 Å². The number of nitrogens with zero attached hydrogens (tertiary/aromatic N) is 2. The number of aromatic nitrogens is 2. The number of likely N-dealkylation sites (N-methyl/N-ethyl adjacent to an activating group) is 1. The smallest absolute Gasteiger partial charge is 0.330 e. The van der Waals surface area contributed by atoms with Crippen LogP contribution in [0, 0.1) is 0 Å². The van der Waals surface area contributed by atoms with Gasteiger partial charge in [-0.2, -0.15) is 0 Å². The fraction of sp³-hybridized carbons (Fsp3) is 0.667. The maximum absolute atomic E-state index is 11.8. The summed E-state index contributed by atoms with van der Waals surface area (Å²) in [5, 5.41) is 0. The molecular formula is C12H19N3O4. The number of nitrogens with one attached hydrogen (secondary N) is 1. The molecule has 0 radical (unpaired) electrons. The van der Waals surface area contributed by atoms with Crippen molar-refractivity contribution < 1.29 is 9.47 Å². The number of rotatable bonds is 4. The monoisotopic (exact) mass is 269 g/mol. The van der Waals surface area contributed by atoms with Gasteiger partial charge >= 0.3 is 5.69 Å². The molecular weight excluding hydrogens is 250 g/mol. The lowest BCUT2D eigenvalue weighted by molar-refractivity contribution is -0.139. The van der Waals surface area contributed by atoms with E-state index in [9.17, 15) is 9.59 Å². The average molecular weight is 269 g/mol. The zero-order valence-electron chi connectivity index (χ0n) is 11.2. The van der Waals surface area contributed by atoms with Crippen molar-refractivity contribution in [2.45, 2.75) is 19.3 Å². The quantitative estimate of drug-likeness (QED) is 0.790. The first-order chi connectivity index (χ1) is 9.13. The van der Waals surface area contributed by atoms with Crippen molar-refractivity contribution in [3.8, 4) is 0 Å². The molecule has 1 aromatic rings. The third-order valence-electron chi connectivity index (χ3n) is 3.19. The summed E-state index contributed by atoms with van der Waals surface area (Å²) < 4.78 is 12.4. The maximum Gasteiger partial charge on any atom is 0.330 e. The number of aromatic amines is 1. The van der Waals surface area contributed by atoms with Crippen molar-refractivity contribution >= 4 is 0 Å². The van der Waals surface area contributed by atoms with Crippen LogP contribution >= 0.6 is 0 Å². The number of ether oxygens (including phenoxy) is 2. The molecule has 0 aliphatic carbocycles. The standard InChI is InChI=1S/C12H19N3O4/c1-3-14-6-9(8-18-2)19-11(7-14)15-5-4-10(16)13-12(15)17/h4-5,9,11H,3,6-8H2,1-2H3,(H,13,16,17). The number of methoxy groups -OCH3 is 1. The maximum atomic E-state index is 11.8. The van der Waals surface area contributed by atoms with Gasteiger partial charge in [0.15, 0.2) is 6.23 Å². The molecule has 0 amide bonds. The van der Waals surface area contributed by atoms with E-state index in [1.54, 1.807) is 7.11 Å². The third-order valence-corrected chi connectivity index (χ3v) is 3.19. The molecule has 1 N–H and O–H groups in total. The normalized spacial score (nSPS) is 24.5. The van der Waals surface area contributed by atoms with Gasteiger partial charge in [0.05, 0.1) is 12.7 Å². The van der Waals surface area contributed by atoms with Crippen LogP contribution in [0.4, 0.5) is 0 Å². The molecule has 0 bridgehead atoms. The molecule has 1 aliphatic rings. The van der Waals surface area contributed by atoms with Gasteiger partial charge in [-0.3, -0.25) is 19.2 Å². The lowest BCUT2D eigenvalue weighted by atomic mass is 10.2. The Bertz CT molecular complexity index is 524. The van der Waals surface area contributed by atoms with Gasteiger partial charge < -0.3 is 9.47 Å². The van der Waals surface area contributed by atoms with Crippen LogP contribution in [0.2, 0.25) is 0 Å². The topological polar surface area (TPSA) is 76.6 Å². The van der Waals surface area contributed by atoms with Crippen molar-refractivity contribution in [2.75, 3.05) is 33.4 Å². The van der Waals surface area contributed by atoms with Gasteiger partial charge in [0.25, 0.3) is 5.56 Å². The van der Waals surface area contributed by atoms with Crippen LogP contribution in [0.5, 0.6) is 0 Å². The zero-order valence-corrected chi connectivity index (χ0v) is 11.2. The van der Waals surface area contributed by atoms with Crippen LogP contribution in [0.3, 0.4) is 0 Å². The first-order valence-corrected chi connectivity index (χ1v) is 6.32. The largest absolute Gasteiger partial charge is 0.382 e. The Labute approximate surface area is 110 Å². The van der Waals surface area contributed by atoms with Gasteiger partial charge in [-0.05, 0) is 6.54 Å². The van der Waals surface area contributed by atoms with Crippen LogP contribution in [-0.4, -0.2) is 53.9 Å². The first-order valence-electron chi connectivity index (χ1n) is 6.32. The summed E-state index contributed by atoms with van der Waals surface area (Å²) in [5.74, 6) is 0. The molecule has 1 aromatic heterocycles. The second-order valence-corrected chi connectivity index (χ2v) is 4.54. The summed E-state index contributed by atoms with van der Waals surface area (Å²) in [7, 11) is 1.62. The minimum atomic E-state index is -0.452. The number of H-pyrrole nitrogens is 1. The highest BCUT2D eigenvalue weighted by atomic mass is 16.5. The highest BCUT2D eigenvalue weighted by Crippen LogP contribution is 2.18. The molecule has 0 saturated carbocycles.